The van der Waals surface area contributed by atoms with Crippen molar-refractivity contribution in [1.29, 1.82) is 0 Å². The van der Waals surface area contributed by atoms with E-state index < -0.39 is 0 Å². The van der Waals surface area contributed by atoms with Gasteiger partial charge in [0.15, 0.2) is 5.69 Å². The van der Waals surface area contributed by atoms with Crippen molar-refractivity contribution < 1.29 is 8.91 Å². The van der Waals surface area contributed by atoms with Crippen LogP contribution < -0.4 is 0 Å². The van der Waals surface area contributed by atoms with Gasteiger partial charge in [0.25, 0.3) is 0 Å². The molecule has 23 heavy (non-hydrogen) atoms. The molecular formula is C16H16FN5O. The molecule has 1 aromatic carbocycles. The monoisotopic (exact) mass is 313 g/mol. The van der Waals surface area contributed by atoms with Gasteiger partial charge in [-0.1, -0.05) is 35.3 Å². The molecule has 3 aromatic rings. The number of hydrogen-bond acceptors (Lipinski definition) is 5. The highest BCUT2D eigenvalue weighted by atomic mass is 19.1. The zero-order valence-electron chi connectivity index (χ0n) is 12.5. The van der Waals surface area contributed by atoms with Crippen LogP contribution in [0.5, 0.6) is 0 Å². The first-order valence-corrected chi connectivity index (χ1v) is 7.76. The van der Waals surface area contributed by atoms with Crippen LogP contribution in [-0.4, -0.2) is 25.1 Å². The van der Waals surface area contributed by atoms with Crippen molar-refractivity contribution in [2.75, 3.05) is 0 Å². The Bertz CT molecular complexity index is 789. The van der Waals surface area contributed by atoms with Gasteiger partial charge in [0, 0.05) is 5.92 Å². The first-order chi connectivity index (χ1) is 11.3. The summed E-state index contributed by atoms with van der Waals surface area (Å²) in [6, 6.07) is 6.31. The normalized spacial score (nSPS) is 15.3. The molecule has 1 fully saturated rings. The molecule has 0 atom stereocenters. The van der Waals surface area contributed by atoms with Gasteiger partial charge in [-0.3, -0.25) is 0 Å². The molecule has 4 rings (SSSR count). The molecule has 1 aliphatic carbocycles. The molecule has 0 unspecified atom stereocenters. The largest absolute Gasteiger partial charge is 0.339 e. The molecule has 0 amide bonds. The molecule has 0 N–H and O–H groups in total. The van der Waals surface area contributed by atoms with E-state index in [0.29, 0.717) is 29.9 Å². The second kappa shape index (κ2) is 5.91. The van der Waals surface area contributed by atoms with Crippen molar-refractivity contribution in [2.24, 2.45) is 0 Å². The summed E-state index contributed by atoms with van der Waals surface area (Å²) in [5.74, 6) is 1.30. The lowest BCUT2D eigenvalue weighted by molar-refractivity contribution is 0.354. The minimum atomic E-state index is -0.251. The molecule has 7 heteroatoms. The zero-order chi connectivity index (χ0) is 15.6. The summed E-state index contributed by atoms with van der Waals surface area (Å²) in [7, 11) is 0. The van der Waals surface area contributed by atoms with E-state index in [4.69, 9.17) is 4.52 Å². The molecule has 1 saturated carbocycles. The van der Waals surface area contributed by atoms with E-state index in [-0.39, 0.29) is 5.82 Å². The van der Waals surface area contributed by atoms with E-state index in [2.05, 4.69) is 20.5 Å². The predicted octanol–water partition coefficient (Wildman–Crippen LogP) is 3.17. The smallest absolute Gasteiger partial charge is 0.230 e. The number of rotatable bonds is 4. The molecule has 118 valence electrons. The van der Waals surface area contributed by atoms with Gasteiger partial charge >= 0.3 is 0 Å². The minimum absolute atomic E-state index is 0.251. The van der Waals surface area contributed by atoms with Gasteiger partial charge < -0.3 is 4.52 Å². The van der Waals surface area contributed by atoms with Crippen molar-refractivity contribution in [1.82, 2.24) is 25.1 Å². The molecule has 2 aromatic heterocycles. The number of aromatic nitrogens is 5. The first-order valence-electron chi connectivity index (χ1n) is 7.76. The standard InChI is InChI=1S/C16H16FN5O/c17-13-7-5-11(6-8-13)9-22-10-14(19-21-22)15-18-16(23-20-15)12-3-1-2-4-12/h5-8,10,12H,1-4,9H2. The summed E-state index contributed by atoms with van der Waals surface area (Å²) in [6.07, 6.45) is 6.43. The lowest BCUT2D eigenvalue weighted by Crippen LogP contribution is -2.00. The van der Waals surface area contributed by atoms with Crippen molar-refractivity contribution in [3.8, 4) is 11.5 Å². The third-order valence-corrected chi connectivity index (χ3v) is 4.17. The Morgan fingerprint density at radius 3 is 2.74 bits per heavy atom. The highest BCUT2D eigenvalue weighted by molar-refractivity contribution is 5.45. The Balaban J connectivity index is 1.50. The second-order valence-corrected chi connectivity index (χ2v) is 5.87. The highest BCUT2D eigenvalue weighted by Gasteiger charge is 2.23. The second-order valence-electron chi connectivity index (χ2n) is 5.87. The maximum Gasteiger partial charge on any atom is 0.230 e. The predicted molar refractivity (Wildman–Crippen MR) is 80.0 cm³/mol. The Labute approximate surface area is 132 Å². The van der Waals surface area contributed by atoms with Crippen LogP contribution in [0.25, 0.3) is 11.5 Å². The Morgan fingerprint density at radius 1 is 1.17 bits per heavy atom. The fourth-order valence-corrected chi connectivity index (χ4v) is 2.93. The van der Waals surface area contributed by atoms with Gasteiger partial charge in [-0.25, -0.2) is 9.07 Å². The molecule has 0 aliphatic heterocycles. The summed E-state index contributed by atoms with van der Waals surface area (Å²) in [6.45, 7) is 0.514. The van der Waals surface area contributed by atoms with Gasteiger partial charge in [0.05, 0.1) is 12.7 Å². The Hall–Kier alpha value is -2.57. The minimum Gasteiger partial charge on any atom is -0.339 e. The zero-order valence-corrected chi connectivity index (χ0v) is 12.5. The quantitative estimate of drug-likeness (QED) is 0.740. The van der Waals surface area contributed by atoms with Crippen LogP contribution in [0.15, 0.2) is 35.0 Å². The fraction of sp³-hybridized carbons (Fsp3) is 0.375. The summed E-state index contributed by atoms with van der Waals surface area (Å²) in [5, 5.41) is 12.2. The molecule has 0 spiro atoms. The van der Waals surface area contributed by atoms with Gasteiger partial charge in [0.2, 0.25) is 11.7 Å². The van der Waals surface area contributed by atoms with Crippen molar-refractivity contribution in [2.45, 2.75) is 38.1 Å². The number of halogens is 1. The molecule has 2 heterocycles. The first kappa shape index (κ1) is 14.0. The van der Waals surface area contributed by atoms with Crippen LogP contribution in [0.3, 0.4) is 0 Å². The van der Waals surface area contributed by atoms with Gasteiger partial charge in [-0.05, 0) is 30.5 Å². The Morgan fingerprint density at radius 2 is 1.96 bits per heavy atom. The van der Waals surface area contributed by atoms with Crippen LogP contribution in [0, 0.1) is 5.82 Å². The number of benzene rings is 1. The van der Waals surface area contributed by atoms with E-state index >= 15 is 0 Å². The van der Waals surface area contributed by atoms with E-state index in [9.17, 15) is 4.39 Å². The maximum absolute atomic E-state index is 12.9. The van der Waals surface area contributed by atoms with E-state index in [1.807, 2.05) is 0 Å². The number of nitrogens with zero attached hydrogens (tertiary/aromatic N) is 5. The summed E-state index contributed by atoms with van der Waals surface area (Å²) in [5.41, 5.74) is 1.53. The van der Waals surface area contributed by atoms with Gasteiger partial charge in [-0.2, -0.15) is 4.98 Å². The maximum atomic E-state index is 12.9. The SMILES string of the molecule is Fc1ccc(Cn2cc(-c3noc(C4CCCC4)n3)nn2)cc1. The summed E-state index contributed by atoms with van der Waals surface area (Å²) < 4.78 is 20.0. The molecule has 0 saturated heterocycles. The lowest BCUT2D eigenvalue weighted by Gasteiger charge is -1.99. The average Bonchev–Trinajstić information content (AvgIpc) is 3.30. The van der Waals surface area contributed by atoms with Crippen LogP contribution in [-0.2, 0) is 6.54 Å². The van der Waals surface area contributed by atoms with Crippen LogP contribution in [0.1, 0.15) is 43.1 Å². The molecular weight excluding hydrogens is 297 g/mol. The highest BCUT2D eigenvalue weighted by Crippen LogP contribution is 2.33. The van der Waals surface area contributed by atoms with Gasteiger partial charge in [0.1, 0.15) is 5.82 Å². The Kier molecular flexibility index (Phi) is 3.61. The van der Waals surface area contributed by atoms with Crippen molar-refractivity contribution in [3.05, 3.63) is 47.7 Å². The van der Waals surface area contributed by atoms with Crippen LogP contribution >= 0.6 is 0 Å². The fourth-order valence-electron chi connectivity index (χ4n) is 2.93. The molecule has 0 bridgehead atoms. The summed E-state index contributed by atoms with van der Waals surface area (Å²) >= 11 is 0. The van der Waals surface area contributed by atoms with E-state index in [1.54, 1.807) is 23.0 Å². The summed E-state index contributed by atoms with van der Waals surface area (Å²) in [4.78, 5) is 4.45. The average molecular weight is 313 g/mol. The molecule has 6 nitrogen and oxygen atoms in total. The third kappa shape index (κ3) is 2.99. The molecule has 0 radical (unpaired) electrons. The topological polar surface area (TPSA) is 69.6 Å². The van der Waals surface area contributed by atoms with Crippen molar-refractivity contribution >= 4 is 0 Å². The van der Waals surface area contributed by atoms with Crippen molar-refractivity contribution in [3.63, 3.8) is 0 Å². The third-order valence-electron chi connectivity index (χ3n) is 4.17. The molecule has 1 aliphatic rings. The number of hydrogen-bond donors (Lipinski definition) is 0. The van der Waals surface area contributed by atoms with E-state index in [1.165, 1.54) is 25.0 Å². The van der Waals surface area contributed by atoms with E-state index in [0.717, 1.165) is 18.4 Å². The van der Waals surface area contributed by atoms with Crippen LogP contribution in [0.4, 0.5) is 4.39 Å². The van der Waals surface area contributed by atoms with Gasteiger partial charge in [-0.15, -0.1) is 5.10 Å². The van der Waals surface area contributed by atoms with Crippen LogP contribution in [0.2, 0.25) is 0 Å². The lowest BCUT2D eigenvalue weighted by atomic mass is 10.1.